The molecular weight excluding hydrogens is 406 g/mol. The lowest BCUT2D eigenvalue weighted by molar-refractivity contribution is 0.102. The first-order chi connectivity index (χ1) is 15.1. The molecule has 2 aromatic carbocycles. The molecule has 4 N–H and O–H groups in total. The average molecular weight is 431 g/mol. The van der Waals surface area contributed by atoms with Crippen LogP contribution in [0.5, 0.6) is 17.4 Å². The van der Waals surface area contributed by atoms with Gasteiger partial charge < -0.3 is 20.9 Å². The van der Waals surface area contributed by atoms with E-state index in [4.69, 9.17) is 10.5 Å². The van der Waals surface area contributed by atoms with Gasteiger partial charge in [-0.1, -0.05) is 32.9 Å². The largest absolute Gasteiger partial charge is 0.508 e. The van der Waals surface area contributed by atoms with Crippen LogP contribution in [0.3, 0.4) is 0 Å². The zero-order valence-corrected chi connectivity index (χ0v) is 18.4. The summed E-state index contributed by atoms with van der Waals surface area (Å²) < 4.78 is 7.42. The molecule has 1 amide bonds. The molecule has 4 aromatic rings. The predicted molar refractivity (Wildman–Crippen MR) is 123 cm³/mol. The second-order valence-corrected chi connectivity index (χ2v) is 8.62. The number of phenolic OH excluding ortho intramolecular Hbond substituents is 1. The van der Waals surface area contributed by atoms with E-state index in [2.05, 4.69) is 15.4 Å². The number of rotatable bonds is 4. The van der Waals surface area contributed by atoms with E-state index in [-0.39, 0.29) is 11.7 Å². The highest BCUT2D eigenvalue weighted by molar-refractivity contribution is 6.06. The van der Waals surface area contributed by atoms with Gasteiger partial charge in [0.1, 0.15) is 17.3 Å². The molecule has 4 rings (SSSR count). The summed E-state index contributed by atoms with van der Waals surface area (Å²) >= 11 is 0. The van der Waals surface area contributed by atoms with Crippen LogP contribution in [0.2, 0.25) is 0 Å². The fourth-order valence-corrected chi connectivity index (χ4v) is 3.56. The number of aromatic nitrogens is 3. The Kier molecular flexibility index (Phi) is 5.22. The van der Waals surface area contributed by atoms with Gasteiger partial charge in [0.15, 0.2) is 5.65 Å². The molecule has 0 saturated heterocycles. The van der Waals surface area contributed by atoms with Gasteiger partial charge in [0.2, 0.25) is 5.88 Å². The van der Waals surface area contributed by atoms with Crippen LogP contribution in [0.15, 0.2) is 54.7 Å². The van der Waals surface area contributed by atoms with Crippen molar-refractivity contribution >= 4 is 23.1 Å². The molecule has 0 fully saturated rings. The molecule has 0 atom stereocenters. The Morgan fingerprint density at radius 2 is 1.94 bits per heavy atom. The number of benzene rings is 2. The van der Waals surface area contributed by atoms with Crippen molar-refractivity contribution in [3.63, 3.8) is 0 Å². The fraction of sp³-hybridized carbons (Fsp3) is 0.208. The molecular formula is C24H25N5O3. The lowest BCUT2D eigenvalue weighted by atomic mass is 9.82. The summed E-state index contributed by atoms with van der Waals surface area (Å²) in [5.74, 6) is 1.04. The van der Waals surface area contributed by atoms with E-state index < -0.39 is 5.41 Å². The third kappa shape index (κ3) is 4.20. The van der Waals surface area contributed by atoms with Crippen LogP contribution in [0.25, 0.3) is 5.65 Å². The van der Waals surface area contributed by atoms with E-state index >= 15 is 0 Å². The molecule has 8 nitrogen and oxygen atoms in total. The van der Waals surface area contributed by atoms with Crippen molar-refractivity contribution in [3.05, 3.63) is 71.4 Å². The van der Waals surface area contributed by atoms with E-state index in [1.165, 1.54) is 4.52 Å². The number of aryl methyl sites for hydroxylation is 1. The molecule has 0 aliphatic rings. The minimum Gasteiger partial charge on any atom is -0.508 e. The minimum atomic E-state index is -0.404. The molecule has 0 aliphatic carbocycles. The molecule has 164 valence electrons. The number of nitrogens with one attached hydrogen (secondary N) is 1. The summed E-state index contributed by atoms with van der Waals surface area (Å²) in [5.41, 5.74) is 8.41. The summed E-state index contributed by atoms with van der Waals surface area (Å²) in [6.45, 7) is 7.76. The van der Waals surface area contributed by atoms with Crippen molar-refractivity contribution in [1.82, 2.24) is 14.6 Å². The number of nitrogen functional groups attached to an aromatic ring is 1. The Morgan fingerprint density at radius 1 is 1.16 bits per heavy atom. The number of nitrogens with two attached hydrogens (primary N) is 1. The van der Waals surface area contributed by atoms with Crippen LogP contribution in [-0.2, 0) is 5.41 Å². The normalized spacial score (nSPS) is 11.5. The summed E-state index contributed by atoms with van der Waals surface area (Å²) in [6, 6.07) is 13.8. The lowest BCUT2D eigenvalue weighted by Gasteiger charge is -2.23. The van der Waals surface area contributed by atoms with E-state index in [9.17, 15) is 9.90 Å². The SMILES string of the molecule is Cc1ccc(Oc2ccc3nc(N)cn3n2)cc1NC(=O)c1cccc(O)c1C(C)(C)C. The number of ether oxygens (including phenoxy) is 1. The molecule has 2 heterocycles. The molecule has 0 aliphatic heterocycles. The molecule has 0 radical (unpaired) electrons. The number of fused-ring (bicyclic) bond motifs is 1. The van der Waals surface area contributed by atoms with Gasteiger partial charge in [0.05, 0.1) is 6.20 Å². The van der Waals surface area contributed by atoms with Crippen molar-refractivity contribution in [1.29, 1.82) is 0 Å². The fourth-order valence-electron chi connectivity index (χ4n) is 3.56. The number of carbonyl (C=O) groups excluding carboxylic acids is 1. The topological polar surface area (TPSA) is 115 Å². The van der Waals surface area contributed by atoms with Gasteiger partial charge in [-0.05, 0) is 42.2 Å². The Bertz CT molecular complexity index is 1320. The van der Waals surface area contributed by atoms with Crippen molar-refractivity contribution < 1.29 is 14.6 Å². The number of aromatic hydroxyl groups is 1. The Hall–Kier alpha value is -4.07. The van der Waals surface area contributed by atoms with Crippen LogP contribution in [0.1, 0.15) is 42.3 Å². The standard InChI is InChI=1S/C24H25N5O3/c1-14-8-9-15(32-21-11-10-20-27-19(25)13-29(20)28-21)12-17(14)26-23(31)16-6-5-7-18(30)22(16)24(2,3)4/h5-13,30H,25H2,1-4H3,(H,26,31). The quantitative estimate of drug-likeness (QED) is 0.433. The average Bonchev–Trinajstić information content (AvgIpc) is 3.08. The van der Waals surface area contributed by atoms with Gasteiger partial charge in [-0.25, -0.2) is 9.50 Å². The monoisotopic (exact) mass is 431 g/mol. The van der Waals surface area contributed by atoms with E-state index in [1.54, 1.807) is 48.7 Å². The number of nitrogens with zero attached hydrogens (tertiary/aromatic N) is 3. The van der Waals surface area contributed by atoms with Crippen LogP contribution in [0.4, 0.5) is 11.5 Å². The van der Waals surface area contributed by atoms with Gasteiger partial charge in [-0.2, -0.15) is 0 Å². The van der Waals surface area contributed by atoms with E-state index in [0.29, 0.717) is 39.9 Å². The second-order valence-electron chi connectivity index (χ2n) is 8.62. The van der Waals surface area contributed by atoms with Crippen LogP contribution in [0, 0.1) is 6.92 Å². The van der Waals surface area contributed by atoms with Crippen molar-refractivity contribution in [3.8, 4) is 17.4 Å². The van der Waals surface area contributed by atoms with E-state index in [0.717, 1.165) is 5.56 Å². The second kappa shape index (κ2) is 7.88. The summed E-state index contributed by atoms with van der Waals surface area (Å²) in [7, 11) is 0. The third-order valence-corrected chi connectivity index (χ3v) is 5.03. The number of hydrogen-bond donors (Lipinski definition) is 3. The number of carbonyl (C=O) groups is 1. The van der Waals surface area contributed by atoms with Crippen LogP contribution >= 0.6 is 0 Å². The van der Waals surface area contributed by atoms with Crippen LogP contribution in [-0.4, -0.2) is 25.6 Å². The number of phenols is 1. The summed E-state index contributed by atoms with van der Waals surface area (Å²) in [5, 5.41) is 17.6. The first kappa shape index (κ1) is 21.2. The molecule has 32 heavy (non-hydrogen) atoms. The number of amides is 1. The highest BCUT2D eigenvalue weighted by atomic mass is 16.5. The zero-order valence-electron chi connectivity index (χ0n) is 18.4. The van der Waals surface area contributed by atoms with E-state index in [1.807, 2.05) is 33.8 Å². The predicted octanol–water partition coefficient (Wildman–Crippen LogP) is 4.67. The smallest absolute Gasteiger partial charge is 0.256 e. The maximum absolute atomic E-state index is 13.1. The van der Waals surface area contributed by atoms with Gasteiger partial charge in [-0.15, -0.1) is 5.10 Å². The number of anilines is 2. The maximum Gasteiger partial charge on any atom is 0.256 e. The van der Waals surface area contributed by atoms with Crippen LogP contribution < -0.4 is 15.8 Å². The third-order valence-electron chi connectivity index (χ3n) is 5.03. The van der Waals surface area contributed by atoms with Gasteiger partial charge in [0.25, 0.3) is 5.91 Å². The van der Waals surface area contributed by atoms with Gasteiger partial charge in [-0.3, -0.25) is 4.79 Å². The molecule has 0 saturated carbocycles. The summed E-state index contributed by atoms with van der Waals surface area (Å²) in [4.78, 5) is 17.2. The number of hydrogen-bond acceptors (Lipinski definition) is 6. The Balaban J connectivity index is 1.61. The highest BCUT2D eigenvalue weighted by Gasteiger charge is 2.25. The molecule has 2 aromatic heterocycles. The first-order valence-electron chi connectivity index (χ1n) is 10.2. The minimum absolute atomic E-state index is 0.0977. The summed E-state index contributed by atoms with van der Waals surface area (Å²) in [6.07, 6.45) is 1.60. The Labute approximate surface area is 185 Å². The van der Waals surface area contributed by atoms with Gasteiger partial charge >= 0.3 is 0 Å². The maximum atomic E-state index is 13.1. The van der Waals surface area contributed by atoms with Crippen molar-refractivity contribution in [2.24, 2.45) is 0 Å². The molecule has 0 unspecified atom stereocenters. The molecule has 0 spiro atoms. The van der Waals surface area contributed by atoms with Gasteiger partial charge in [0, 0.05) is 28.9 Å². The van der Waals surface area contributed by atoms with Crippen molar-refractivity contribution in [2.45, 2.75) is 33.1 Å². The lowest BCUT2D eigenvalue weighted by Crippen LogP contribution is -2.21. The molecule has 8 heteroatoms. The first-order valence-corrected chi connectivity index (χ1v) is 10.2. The highest BCUT2D eigenvalue weighted by Crippen LogP contribution is 2.34. The molecule has 0 bridgehead atoms. The zero-order chi connectivity index (χ0) is 23.0. The number of imidazole rings is 1. The van der Waals surface area contributed by atoms with Crippen molar-refractivity contribution in [2.75, 3.05) is 11.1 Å². The Morgan fingerprint density at radius 3 is 2.69 bits per heavy atom.